The minimum atomic E-state index is 0.258. The van der Waals surface area contributed by atoms with E-state index in [1.807, 2.05) is 13.8 Å². The van der Waals surface area contributed by atoms with Gasteiger partial charge in [0.05, 0.1) is 12.2 Å². The minimum absolute atomic E-state index is 0.258. The molecule has 1 aromatic heterocycles. The van der Waals surface area contributed by atoms with E-state index in [9.17, 15) is 0 Å². The number of pyridine rings is 1. The molecule has 0 amide bonds. The van der Waals surface area contributed by atoms with Crippen LogP contribution in [0.15, 0.2) is 6.07 Å². The Bertz CT molecular complexity index is 423. The second-order valence-electron chi connectivity index (χ2n) is 5.21. The molecule has 2 rings (SSSR count). The molecule has 2 N–H and O–H groups in total. The van der Waals surface area contributed by atoms with Gasteiger partial charge >= 0.3 is 0 Å². The molecular weight excluding hydrogens is 226 g/mol. The summed E-state index contributed by atoms with van der Waals surface area (Å²) in [6, 6.07) is 2.14. The third-order valence-corrected chi connectivity index (χ3v) is 3.40. The Hall–Kier alpha value is -1.13. The molecule has 2 heterocycles. The van der Waals surface area contributed by atoms with E-state index < -0.39 is 0 Å². The fraction of sp³-hybridized carbons (Fsp3) is 0.643. The standard InChI is InChI=1S/C14H23N3O/c1-9-5-14(13(6-15)12(4)16-9)17-7-10(2)18-11(3)8-17/h5,10-11H,6-8,15H2,1-4H3/t10-,11+. The molecule has 1 saturated heterocycles. The van der Waals surface area contributed by atoms with Gasteiger partial charge in [0.15, 0.2) is 0 Å². The fourth-order valence-corrected chi connectivity index (χ4v) is 2.74. The van der Waals surface area contributed by atoms with Crippen LogP contribution in [0.2, 0.25) is 0 Å². The molecule has 0 bridgehead atoms. The van der Waals surface area contributed by atoms with Crippen molar-refractivity contribution in [3.8, 4) is 0 Å². The molecule has 1 aliphatic heterocycles. The molecule has 1 fully saturated rings. The van der Waals surface area contributed by atoms with E-state index >= 15 is 0 Å². The largest absolute Gasteiger partial charge is 0.372 e. The number of hydrogen-bond acceptors (Lipinski definition) is 4. The van der Waals surface area contributed by atoms with Crippen LogP contribution in [-0.2, 0) is 11.3 Å². The van der Waals surface area contributed by atoms with Gasteiger partial charge in [-0.25, -0.2) is 0 Å². The normalized spacial score (nSPS) is 24.4. The third-order valence-electron chi connectivity index (χ3n) is 3.40. The van der Waals surface area contributed by atoms with Crippen LogP contribution in [0.3, 0.4) is 0 Å². The molecule has 0 aliphatic carbocycles. The average molecular weight is 249 g/mol. The smallest absolute Gasteiger partial charge is 0.0726 e. The lowest BCUT2D eigenvalue weighted by Gasteiger charge is -2.38. The Balaban J connectivity index is 2.37. The Morgan fingerprint density at radius 3 is 2.50 bits per heavy atom. The molecule has 0 spiro atoms. The highest BCUT2D eigenvalue weighted by molar-refractivity contribution is 5.56. The monoisotopic (exact) mass is 249 g/mol. The first-order valence-electron chi connectivity index (χ1n) is 6.59. The summed E-state index contributed by atoms with van der Waals surface area (Å²) in [5.74, 6) is 0. The van der Waals surface area contributed by atoms with Crippen molar-refractivity contribution in [1.82, 2.24) is 4.98 Å². The molecule has 4 nitrogen and oxygen atoms in total. The SMILES string of the molecule is Cc1cc(N2C[C@@H](C)O[C@@H](C)C2)c(CN)c(C)n1. The van der Waals surface area contributed by atoms with Crippen molar-refractivity contribution in [1.29, 1.82) is 0 Å². The maximum absolute atomic E-state index is 5.88. The number of aryl methyl sites for hydroxylation is 2. The van der Waals surface area contributed by atoms with Crippen LogP contribution in [-0.4, -0.2) is 30.3 Å². The molecule has 1 aromatic rings. The van der Waals surface area contributed by atoms with Crippen molar-refractivity contribution in [2.24, 2.45) is 5.73 Å². The van der Waals surface area contributed by atoms with E-state index in [0.29, 0.717) is 6.54 Å². The number of ether oxygens (including phenoxy) is 1. The van der Waals surface area contributed by atoms with Gasteiger partial charge in [0.2, 0.25) is 0 Å². The van der Waals surface area contributed by atoms with Crippen LogP contribution in [0.25, 0.3) is 0 Å². The van der Waals surface area contributed by atoms with E-state index in [1.165, 1.54) is 5.69 Å². The first-order chi connectivity index (χ1) is 8.51. The van der Waals surface area contributed by atoms with E-state index in [1.54, 1.807) is 0 Å². The number of hydrogen-bond donors (Lipinski definition) is 1. The lowest BCUT2D eigenvalue weighted by molar-refractivity contribution is -0.00527. The Labute approximate surface area is 109 Å². The zero-order chi connectivity index (χ0) is 13.3. The summed E-state index contributed by atoms with van der Waals surface area (Å²) in [5.41, 5.74) is 10.3. The predicted octanol–water partition coefficient (Wildman–Crippen LogP) is 1.77. The molecule has 4 heteroatoms. The van der Waals surface area contributed by atoms with Gasteiger partial charge in [-0.2, -0.15) is 0 Å². The number of anilines is 1. The van der Waals surface area contributed by atoms with Gasteiger partial charge in [-0.05, 0) is 33.8 Å². The second-order valence-corrected chi connectivity index (χ2v) is 5.21. The second kappa shape index (κ2) is 5.24. The van der Waals surface area contributed by atoms with Gasteiger partial charge in [0.25, 0.3) is 0 Å². The first-order valence-corrected chi connectivity index (χ1v) is 6.59. The fourth-order valence-electron chi connectivity index (χ4n) is 2.74. The van der Waals surface area contributed by atoms with Gasteiger partial charge in [-0.1, -0.05) is 0 Å². The number of nitrogens with two attached hydrogens (primary N) is 1. The van der Waals surface area contributed by atoms with Crippen LogP contribution >= 0.6 is 0 Å². The van der Waals surface area contributed by atoms with E-state index in [0.717, 1.165) is 30.0 Å². The first kappa shape index (κ1) is 13.3. The molecule has 0 saturated carbocycles. The lowest BCUT2D eigenvalue weighted by atomic mass is 10.1. The molecule has 2 atom stereocenters. The zero-order valence-corrected chi connectivity index (χ0v) is 11.7. The summed E-state index contributed by atoms with van der Waals surface area (Å²) in [7, 11) is 0. The Kier molecular flexibility index (Phi) is 3.88. The molecule has 100 valence electrons. The highest BCUT2D eigenvalue weighted by Gasteiger charge is 2.24. The highest BCUT2D eigenvalue weighted by atomic mass is 16.5. The van der Waals surface area contributed by atoms with E-state index in [2.05, 4.69) is 29.8 Å². The zero-order valence-electron chi connectivity index (χ0n) is 11.7. The summed E-state index contributed by atoms with van der Waals surface area (Å²) in [6.45, 7) is 10.7. The van der Waals surface area contributed by atoms with Crippen molar-refractivity contribution in [2.45, 2.75) is 46.4 Å². The van der Waals surface area contributed by atoms with Gasteiger partial charge < -0.3 is 15.4 Å². The summed E-state index contributed by atoms with van der Waals surface area (Å²) < 4.78 is 5.78. The molecule has 18 heavy (non-hydrogen) atoms. The number of aromatic nitrogens is 1. The van der Waals surface area contributed by atoms with Gasteiger partial charge in [0, 0.05) is 42.3 Å². The van der Waals surface area contributed by atoms with E-state index in [-0.39, 0.29) is 12.2 Å². The number of morpholine rings is 1. The van der Waals surface area contributed by atoms with Gasteiger partial charge in [-0.15, -0.1) is 0 Å². The predicted molar refractivity (Wildman–Crippen MR) is 73.8 cm³/mol. The minimum Gasteiger partial charge on any atom is -0.372 e. The van der Waals surface area contributed by atoms with Crippen molar-refractivity contribution >= 4 is 5.69 Å². The van der Waals surface area contributed by atoms with E-state index in [4.69, 9.17) is 10.5 Å². The van der Waals surface area contributed by atoms with Crippen molar-refractivity contribution in [2.75, 3.05) is 18.0 Å². The topological polar surface area (TPSA) is 51.4 Å². The summed E-state index contributed by atoms with van der Waals surface area (Å²) in [4.78, 5) is 6.88. The van der Waals surface area contributed by atoms with Crippen LogP contribution < -0.4 is 10.6 Å². The highest BCUT2D eigenvalue weighted by Crippen LogP contribution is 2.26. The number of rotatable bonds is 2. The van der Waals surface area contributed by atoms with Gasteiger partial charge in [0.1, 0.15) is 0 Å². The molecule has 0 radical (unpaired) electrons. The summed E-state index contributed by atoms with van der Waals surface area (Å²) in [5, 5.41) is 0. The van der Waals surface area contributed by atoms with Crippen molar-refractivity contribution < 1.29 is 4.74 Å². The van der Waals surface area contributed by atoms with Crippen LogP contribution in [0, 0.1) is 13.8 Å². The molecule has 0 aromatic carbocycles. The summed E-state index contributed by atoms with van der Waals surface area (Å²) >= 11 is 0. The van der Waals surface area contributed by atoms with Crippen molar-refractivity contribution in [3.63, 3.8) is 0 Å². The Morgan fingerprint density at radius 2 is 1.94 bits per heavy atom. The van der Waals surface area contributed by atoms with Crippen LogP contribution in [0.1, 0.15) is 30.8 Å². The molecular formula is C14H23N3O. The maximum Gasteiger partial charge on any atom is 0.0726 e. The molecule has 1 aliphatic rings. The van der Waals surface area contributed by atoms with Crippen molar-refractivity contribution in [3.05, 3.63) is 23.0 Å². The number of nitrogens with zero attached hydrogens (tertiary/aromatic N) is 2. The van der Waals surface area contributed by atoms with Gasteiger partial charge in [-0.3, -0.25) is 4.98 Å². The third kappa shape index (κ3) is 2.65. The molecule has 0 unspecified atom stereocenters. The quantitative estimate of drug-likeness (QED) is 0.868. The summed E-state index contributed by atoms with van der Waals surface area (Å²) in [6.07, 6.45) is 0.515. The Morgan fingerprint density at radius 1 is 1.33 bits per heavy atom. The average Bonchev–Trinajstić information content (AvgIpc) is 2.26. The maximum atomic E-state index is 5.88. The lowest BCUT2D eigenvalue weighted by Crippen LogP contribution is -2.46. The van der Waals surface area contributed by atoms with Crippen LogP contribution in [0.4, 0.5) is 5.69 Å². The van der Waals surface area contributed by atoms with Crippen LogP contribution in [0.5, 0.6) is 0 Å².